The average Bonchev–Trinajstić information content (AvgIpc) is 2.68. The first kappa shape index (κ1) is 18.8. The van der Waals surface area contributed by atoms with Crippen LogP contribution in [-0.2, 0) is 0 Å². The summed E-state index contributed by atoms with van der Waals surface area (Å²) in [5, 5.41) is 9.89. The summed E-state index contributed by atoms with van der Waals surface area (Å²) in [5.74, 6) is 0.522. The third-order valence-corrected chi connectivity index (χ3v) is 5.74. The van der Waals surface area contributed by atoms with E-state index in [0.29, 0.717) is 16.5 Å². The standard InChI is InChI=1S/C19H14BrN3OS2/c1-25-15-9-3-12(4-10-15)17-22-18(26-2)16(11-21)19(24)23(17)14-7-5-13(20)6-8-14/h3-10H,1-2H3. The Balaban J connectivity index is 2.33. The van der Waals surface area contributed by atoms with Crippen LogP contribution < -0.4 is 5.56 Å². The van der Waals surface area contributed by atoms with Crippen molar-refractivity contribution in [2.24, 2.45) is 0 Å². The zero-order chi connectivity index (χ0) is 18.7. The number of rotatable bonds is 4. The van der Waals surface area contributed by atoms with Crippen LogP contribution in [0, 0.1) is 11.3 Å². The van der Waals surface area contributed by atoms with Gasteiger partial charge >= 0.3 is 0 Å². The molecule has 0 aliphatic carbocycles. The van der Waals surface area contributed by atoms with Gasteiger partial charge in [0.05, 0.1) is 5.69 Å². The van der Waals surface area contributed by atoms with Gasteiger partial charge in [-0.05, 0) is 48.9 Å². The van der Waals surface area contributed by atoms with Crippen molar-refractivity contribution in [2.45, 2.75) is 9.92 Å². The Kier molecular flexibility index (Phi) is 5.87. The maximum Gasteiger partial charge on any atom is 0.277 e. The molecule has 0 atom stereocenters. The molecule has 0 saturated carbocycles. The normalized spacial score (nSPS) is 10.5. The van der Waals surface area contributed by atoms with Gasteiger partial charge in [-0.15, -0.1) is 23.5 Å². The summed E-state index contributed by atoms with van der Waals surface area (Å²) in [5.41, 5.74) is 1.18. The number of benzene rings is 2. The Labute approximate surface area is 168 Å². The lowest BCUT2D eigenvalue weighted by atomic mass is 10.2. The van der Waals surface area contributed by atoms with E-state index in [9.17, 15) is 10.1 Å². The van der Waals surface area contributed by atoms with Crippen molar-refractivity contribution in [3.8, 4) is 23.1 Å². The summed E-state index contributed by atoms with van der Waals surface area (Å²) in [6.07, 6.45) is 3.83. The summed E-state index contributed by atoms with van der Waals surface area (Å²) in [6.45, 7) is 0. The van der Waals surface area contributed by atoms with Crippen molar-refractivity contribution in [3.63, 3.8) is 0 Å². The minimum absolute atomic E-state index is 0.0601. The zero-order valence-corrected chi connectivity index (χ0v) is 17.3. The van der Waals surface area contributed by atoms with E-state index in [1.165, 1.54) is 16.3 Å². The van der Waals surface area contributed by atoms with Gasteiger partial charge in [-0.1, -0.05) is 28.1 Å². The van der Waals surface area contributed by atoms with E-state index >= 15 is 0 Å². The summed E-state index contributed by atoms with van der Waals surface area (Å²) in [7, 11) is 0. The van der Waals surface area contributed by atoms with Crippen LogP contribution in [-0.4, -0.2) is 22.1 Å². The number of hydrogen-bond donors (Lipinski definition) is 0. The second kappa shape index (κ2) is 8.12. The van der Waals surface area contributed by atoms with Crippen LogP contribution in [0.4, 0.5) is 0 Å². The van der Waals surface area contributed by atoms with Crippen molar-refractivity contribution in [1.29, 1.82) is 5.26 Å². The lowest BCUT2D eigenvalue weighted by Crippen LogP contribution is -2.25. The Bertz CT molecular complexity index is 1040. The van der Waals surface area contributed by atoms with E-state index in [0.717, 1.165) is 14.9 Å². The molecule has 0 radical (unpaired) electrons. The van der Waals surface area contributed by atoms with E-state index in [1.807, 2.05) is 67.1 Å². The molecule has 0 amide bonds. The number of thioether (sulfide) groups is 2. The number of aromatic nitrogens is 2. The summed E-state index contributed by atoms with van der Waals surface area (Å²) in [4.78, 5) is 18.8. The molecule has 2 aromatic carbocycles. The monoisotopic (exact) mass is 443 g/mol. The molecule has 4 nitrogen and oxygen atoms in total. The minimum Gasteiger partial charge on any atom is -0.267 e. The molecule has 0 saturated heterocycles. The third-order valence-electron chi connectivity index (χ3n) is 3.79. The minimum atomic E-state index is -0.363. The van der Waals surface area contributed by atoms with Gasteiger partial charge in [-0.3, -0.25) is 9.36 Å². The Morgan fingerprint density at radius 1 is 1.04 bits per heavy atom. The van der Waals surface area contributed by atoms with Crippen LogP contribution >= 0.6 is 39.5 Å². The topological polar surface area (TPSA) is 58.7 Å². The van der Waals surface area contributed by atoms with Gasteiger partial charge in [0.25, 0.3) is 5.56 Å². The molecule has 3 rings (SSSR count). The van der Waals surface area contributed by atoms with Gasteiger partial charge < -0.3 is 0 Å². The van der Waals surface area contributed by atoms with Gasteiger partial charge in [0.1, 0.15) is 22.5 Å². The van der Waals surface area contributed by atoms with Gasteiger partial charge in [-0.25, -0.2) is 4.98 Å². The van der Waals surface area contributed by atoms with E-state index in [-0.39, 0.29) is 11.1 Å². The number of nitrogens with zero attached hydrogens (tertiary/aromatic N) is 3. The second-order valence-electron chi connectivity index (χ2n) is 5.28. The van der Waals surface area contributed by atoms with E-state index in [2.05, 4.69) is 20.9 Å². The maximum absolute atomic E-state index is 13.1. The lowest BCUT2D eigenvalue weighted by molar-refractivity contribution is 0.892. The van der Waals surface area contributed by atoms with Crippen LogP contribution in [0.2, 0.25) is 0 Å². The summed E-state index contributed by atoms with van der Waals surface area (Å²) >= 11 is 6.35. The molecule has 0 aliphatic heterocycles. The highest BCUT2D eigenvalue weighted by Gasteiger charge is 2.18. The van der Waals surface area contributed by atoms with E-state index in [4.69, 9.17) is 0 Å². The molecular formula is C19H14BrN3OS2. The first-order valence-electron chi connectivity index (χ1n) is 7.60. The molecule has 7 heteroatoms. The van der Waals surface area contributed by atoms with E-state index in [1.54, 1.807) is 11.8 Å². The third kappa shape index (κ3) is 3.58. The molecular weight excluding hydrogens is 430 g/mol. The molecule has 0 N–H and O–H groups in total. The summed E-state index contributed by atoms with van der Waals surface area (Å²) < 4.78 is 2.41. The fourth-order valence-corrected chi connectivity index (χ4v) is 3.70. The average molecular weight is 444 g/mol. The predicted molar refractivity (Wildman–Crippen MR) is 111 cm³/mol. The fraction of sp³-hybridized carbons (Fsp3) is 0.105. The number of halogens is 1. The molecule has 0 spiro atoms. The van der Waals surface area contributed by atoms with Gasteiger partial charge in [0.2, 0.25) is 0 Å². The zero-order valence-electron chi connectivity index (χ0n) is 14.1. The fourth-order valence-electron chi connectivity index (χ4n) is 2.51. The Morgan fingerprint density at radius 2 is 1.69 bits per heavy atom. The highest BCUT2D eigenvalue weighted by Crippen LogP contribution is 2.26. The van der Waals surface area contributed by atoms with Crippen LogP contribution in [0.3, 0.4) is 0 Å². The van der Waals surface area contributed by atoms with Crippen molar-refractivity contribution in [2.75, 3.05) is 12.5 Å². The Hall–Kier alpha value is -2.01. The van der Waals surface area contributed by atoms with Crippen molar-refractivity contribution < 1.29 is 0 Å². The molecule has 130 valence electrons. The number of hydrogen-bond acceptors (Lipinski definition) is 5. The first-order valence-corrected chi connectivity index (χ1v) is 10.8. The smallest absolute Gasteiger partial charge is 0.267 e. The van der Waals surface area contributed by atoms with Gasteiger partial charge in [0, 0.05) is 14.9 Å². The van der Waals surface area contributed by atoms with Crippen molar-refractivity contribution in [1.82, 2.24) is 9.55 Å². The molecule has 1 aromatic heterocycles. The quantitative estimate of drug-likeness (QED) is 0.420. The van der Waals surface area contributed by atoms with Crippen LogP contribution in [0.15, 0.2) is 67.7 Å². The van der Waals surface area contributed by atoms with Crippen molar-refractivity contribution >= 4 is 39.5 Å². The largest absolute Gasteiger partial charge is 0.277 e. The highest BCUT2D eigenvalue weighted by molar-refractivity contribution is 9.10. The van der Waals surface area contributed by atoms with Gasteiger partial charge in [0.15, 0.2) is 0 Å². The molecule has 0 unspecified atom stereocenters. The lowest BCUT2D eigenvalue weighted by Gasteiger charge is -2.15. The molecule has 3 aromatic rings. The molecule has 0 aliphatic rings. The van der Waals surface area contributed by atoms with Crippen LogP contribution in [0.1, 0.15) is 5.56 Å². The van der Waals surface area contributed by atoms with Crippen molar-refractivity contribution in [3.05, 3.63) is 68.9 Å². The number of nitriles is 1. The van der Waals surface area contributed by atoms with Crippen LogP contribution in [0.5, 0.6) is 0 Å². The van der Waals surface area contributed by atoms with Crippen LogP contribution in [0.25, 0.3) is 17.1 Å². The van der Waals surface area contributed by atoms with E-state index < -0.39 is 0 Å². The Morgan fingerprint density at radius 3 is 2.23 bits per heavy atom. The molecule has 0 fully saturated rings. The molecule has 0 bridgehead atoms. The summed E-state index contributed by atoms with van der Waals surface area (Å²) in [6, 6.07) is 17.2. The maximum atomic E-state index is 13.1. The highest BCUT2D eigenvalue weighted by atomic mass is 79.9. The first-order chi connectivity index (χ1) is 12.6. The molecule has 1 heterocycles. The van der Waals surface area contributed by atoms with Gasteiger partial charge in [-0.2, -0.15) is 5.26 Å². The predicted octanol–water partition coefficient (Wildman–Crippen LogP) is 4.98. The second-order valence-corrected chi connectivity index (χ2v) is 7.87. The SMILES string of the molecule is CSc1ccc(-c2nc(SC)c(C#N)c(=O)n2-c2ccc(Br)cc2)cc1. The molecule has 26 heavy (non-hydrogen) atoms.